The lowest BCUT2D eigenvalue weighted by molar-refractivity contribution is -0.685. The SMILES string of the molecule is COC(=O)C[n+]1cccc(-c2ccccc2)c1. The highest BCUT2D eigenvalue weighted by Crippen LogP contribution is 2.15. The van der Waals surface area contributed by atoms with Crippen LogP contribution in [0.1, 0.15) is 0 Å². The summed E-state index contributed by atoms with van der Waals surface area (Å²) < 4.78 is 6.45. The van der Waals surface area contributed by atoms with Gasteiger partial charge in [0.1, 0.15) is 0 Å². The summed E-state index contributed by atoms with van der Waals surface area (Å²) in [4.78, 5) is 11.2. The van der Waals surface area contributed by atoms with Gasteiger partial charge >= 0.3 is 5.97 Å². The van der Waals surface area contributed by atoms with Crippen LogP contribution < -0.4 is 4.57 Å². The first kappa shape index (κ1) is 11.3. The standard InChI is InChI=1S/C14H14NO2/c1-17-14(16)11-15-9-5-8-13(10-15)12-6-3-2-4-7-12/h2-10H,11H2,1H3/q+1. The minimum Gasteiger partial charge on any atom is -0.464 e. The molecule has 2 aromatic rings. The van der Waals surface area contributed by atoms with E-state index < -0.39 is 0 Å². The van der Waals surface area contributed by atoms with Gasteiger partial charge in [0.25, 0.3) is 0 Å². The van der Waals surface area contributed by atoms with Crippen LogP contribution in [0.4, 0.5) is 0 Å². The van der Waals surface area contributed by atoms with Crippen LogP contribution in [0.5, 0.6) is 0 Å². The Morgan fingerprint density at radius 1 is 1.12 bits per heavy atom. The number of benzene rings is 1. The Labute approximate surface area is 100 Å². The molecule has 0 aliphatic rings. The van der Waals surface area contributed by atoms with E-state index in [1.807, 2.05) is 59.4 Å². The van der Waals surface area contributed by atoms with E-state index in [0.29, 0.717) is 0 Å². The highest BCUT2D eigenvalue weighted by molar-refractivity contribution is 5.67. The van der Waals surface area contributed by atoms with Gasteiger partial charge in [-0.15, -0.1) is 0 Å². The molecule has 0 N–H and O–H groups in total. The molecule has 0 aliphatic carbocycles. The predicted octanol–water partition coefficient (Wildman–Crippen LogP) is 1.81. The zero-order valence-electron chi connectivity index (χ0n) is 9.67. The Kier molecular flexibility index (Phi) is 3.50. The largest absolute Gasteiger partial charge is 0.464 e. The molecule has 86 valence electrons. The quantitative estimate of drug-likeness (QED) is 0.592. The Morgan fingerprint density at radius 2 is 1.82 bits per heavy atom. The number of esters is 1. The fourth-order valence-electron chi connectivity index (χ4n) is 1.64. The maximum absolute atomic E-state index is 11.2. The number of carbonyl (C=O) groups excluding carboxylic acids is 1. The zero-order valence-corrected chi connectivity index (χ0v) is 9.67. The third-order valence-corrected chi connectivity index (χ3v) is 2.50. The topological polar surface area (TPSA) is 30.2 Å². The molecule has 0 radical (unpaired) electrons. The predicted molar refractivity (Wildman–Crippen MR) is 64.1 cm³/mol. The first-order chi connectivity index (χ1) is 8.29. The van der Waals surface area contributed by atoms with Gasteiger partial charge in [-0.3, -0.25) is 0 Å². The van der Waals surface area contributed by atoms with Crippen molar-refractivity contribution >= 4 is 5.97 Å². The van der Waals surface area contributed by atoms with Crippen LogP contribution in [0.3, 0.4) is 0 Å². The van der Waals surface area contributed by atoms with Gasteiger partial charge in [0.15, 0.2) is 12.4 Å². The molecular formula is C14H14NO2+. The molecule has 0 unspecified atom stereocenters. The summed E-state index contributed by atoms with van der Waals surface area (Å²) in [5.41, 5.74) is 2.21. The number of hydrogen-bond donors (Lipinski definition) is 0. The lowest BCUT2D eigenvalue weighted by Crippen LogP contribution is -2.37. The highest BCUT2D eigenvalue weighted by Gasteiger charge is 2.10. The fraction of sp³-hybridized carbons (Fsp3) is 0.143. The first-order valence-corrected chi connectivity index (χ1v) is 5.41. The summed E-state index contributed by atoms with van der Waals surface area (Å²) in [5.74, 6) is -0.250. The van der Waals surface area contributed by atoms with E-state index >= 15 is 0 Å². The number of rotatable bonds is 3. The average molecular weight is 228 g/mol. The molecule has 17 heavy (non-hydrogen) atoms. The van der Waals surface area contributed by atoms with E-state index in [1.54, 1.807) is 0 Å². The van der Waals surface area contributed by atoms with E-state index in [9.17, 15) is 4.79 Å². The van der Waals surface area contributed by atoms with E-state index in [-0.39, 0.29) is 12.5 Å². The molecule has 1 aromatic heterocycles. The average Bonchev–Trinajstić information content (AvgIpc) is 2.40. The van der Waals surface area contributed by atoms with Crippen molar-refractivity contribution in [1.29, 1.82) is 0 Å². The van der Waals surface area contributed by atoms with Gasteiger partial charge in [-0.2, -0.15) is 4.57 Å². The molecule has 0 bridgehead atoms. The third-order valence-electron chi connectivity index (χ3n) is 2.50. The summed E-state index contributed by atoms with van der Waals surface area (Å²) in [6.45, 7) is 0.233. The second-order valence-electron chi connectivity index (χ2n) is 3.71. The highest BCUT2D eigenvalue weighted by atomic mass is 16.5. The summed E-state index contributed by atoms with van der Waals surface area (Å²) in [6, 6.07) is 14.0. The summed E-state index contributed by atoms with van der Waals surface area (Å²) >= 11 is 0. The van der Waals surface area contributed by atoms with E-state index in [4.69, 9.17) is 0 Å². The van der Waals surface area contributed by atoms with Crippen molar-refractivity contribution in [2.75, 3.05) is 7.11 Å². The summed E-state index contributed by atoms with van der Waals surface area (Å²) in [6.07, 6.45) is 3.79. The minimum absolute atomic E-state index is 0.233. The number of aromatic nitrogens is 1. The lowest BCUT2D eigenvalue weighted by atomic mass is 10.1. The molecule has 3 nitrogen and oxygen atoms in total. The van der Waals surface area contributed by atoms with E-state index in [1.165, 1.54) is 7.11 Å². The monoisotopic (exact) mass is 228 g/mol. The lowest BCUT2D eigenvalue weighted by Gasteiger charge is -2.00. The van der Waals surface area contributed by atoms with Crippen LogP contribution in [-0.4, -0.2) is 13.1 Å². The summed E-state index contributed by atoms with van der Waals surface area (Å²) in [5, 5.41) is 0. The molecule has 0 saturated heterocycles. The van der Waals surface area contributed by atoms with Crippen molar-refractivity contribution in [2.45, 2.75) is 6.54 Å². The van der Waals surface area contributed by atoms with Gasteiger partial charge in [-0.25, -0.2) is 4.79 Å². The second kappa shape index (κ2) is 5.25. The van der Waals surface area contributed by atoms with Crippen molar-refractivity contribution in [3.8, 4) is 11.1 Å². The third kappa shape index (κ3) is 2.91. The Morgan fingerprint density at radius 3 is 2.53 bits per heavy atom. The minimum atomic E-state index is -0.250. The molecule has 0 saturated carbocycles. The van der Waals surface area contributed by atoms with Gasteiger partial charge < -0.3 is 4.74 Å². The van der Waals surface area contributed by atoms with Gasteiger partial charge in [-0.05, 0) is 11.6 Å². The van der Waals surface area contributed by atoms with Crippen LogP contribution in [0, 0.1) is 0 Å². The van der Waals surface area contributed by atoms with Gasteiger partial charge in [0, 0.05) is 11.6 Å². The van der Waals surface area contributed by atoms with Crippen molar-refractivity contribution in [2.24, 2.45) is 0 Å². The first-order valence-electron chi connectivity index (χ1n) is 5.41. The van der Waals surface area contributed by atoms with Crippen molar-refractivity contribution in [3.05, 3.63) is 54.9 Å². The van der Waals surface area contributed by atoms with Crippen LogP contribution in [0.2, 0.25) is 0 Å². The van der Waals surface area contributed by atoms with Crippen LogP contribution in [-0.2, 0) is 16.1 Å². The van der Waals surface area contributed by atoms with Crippen LogP contribution >= 0.6 is 0 Å². The Hall–Kier alpha value is -2.16. The summed E-state index contributed by atoms with van der Waals surface area (Å²) in [7, 11) is 1.39. The van der Waals surface area contributed by atoms with E-state index in [2.05, 4.69) is 4.74 Å². The van der Waals surface area contributed by atoms with Gasteiger partial charge in [-0.1, -0.05) is 30.3 Å². The number of carbonyl (C=O) groups is 1. The van der Waals surface area contributed by atoms with Crippen molar-refractivity contribution < 1.29 is 14.1 Å². The zero-order chi connectivity index (χ0) is 12.1. The van der Waals surface area contributed by atoms with Gasteiger partial charge in [0.05, 0.1) is 7.11 Å². The van der Waals surface area contributed by atoms with Crippen LogP contribution in [0.25, 0.3) is 11.1 Å². The molecule has 0 aliphatic heterocycles. The number of ether oxygens (including phenoxy) is 1. The maximum Gasteiger partial charge on any atom is 0.372 e. The molecule has 1 heterocycles. The molecule has 3 heteroatoms. The van der Waals surface area contributed by atoms with Crippen molar-refractivity contribution in [3.63, 3.8) is 0 Å². The molecule has 0 spiro atoms. The number of pyridine rings is 1. The molecule has 0 atom stereocenters. The normalized spacial score (nSPS) is 9.94. The van der Waals surface area contributed by atoms with E-state index in [0.717, 1.165) is 11.1 Å². The molecule has 1 aromatic carbocycles. The molecule has 2 rings (SSSR count). The maximum atomic E-state index is 11.2. The van der Waals surface area contributed by atoms with Gasteiger partial charge in [0.2, 0.25) is 6.54 Å². The second-order valence-corrected chi connectivity index (χ2v) is 3.71. The molecular weight excluding hydrogens is 214 g/mol. The number of hydrogen-bond acceptors (Lipinski definition) is 2. The van der Waals surface area contributed by atoms with Crippen molar-refractivity contribution in [1.82, 2.24) is 0 Å². The molecule has 0 fully saturated rings. The fourth-order valence-corrected chi connectivity index (χ4v) is 1.64. The smallest absolute Gasteiger partial charge is 0.372 e. The Bertz CT molecular complexity index is 509. The molecule has 0 amide bonds. The number of methoxy groups -OCH3 is 1. The number of nitrogens with zero attached hydrogens (tertiary/aromatic N) is 1. The van der Waals surface area contributed by atoms with Crippen LogP contribution in [0.15, 0.2) is 54.9 Å². The Balaban J connectivity index is 2.26.